The molecule has 1 aromatic rings. The van der Waals surface area contributed by atoms with Crippen molar-refractivity contribution < 1.29 is 14.2 Å². The third-order valence-electron chi connectivity index (χ3n) is 2.88. The minimum absolute atomic E-state index is 0.360. The van der Waals surface area contributed by atoms with Crippen molar-refractivity contribution in [1.82, 2.24) is 0 Å². The van der Waals surface area contributed by atoms with Crippen molar-refractivity contribution in [2.24, 2.45) is 0 Å². The molecule has 0 radical (unpaired) electrons. The van der Waals surface area contributed by atoms with Crippen LogP contribution in [-0.2, 0) is 20.8 Å². The molecular weight excluding hydrogens is 252 g/mol. The minimum atomic E-state index is 0.360. The normalized spacial score (nSPS) is 11.8. The summed E-state index contributed by atoms with van der Waals surface area (Å²) in [7, 11) is 1.63. The van der Waals surface area contributed by atoms with Gasteiger partial charge in [0.05, 0.1) is 13.2 Å². The second-order valence-electron chi connectivity index (χ2n) is 4.84. The zero-order valence-electron chi connectivity index (χ0n) is 12.6. The highest BCUT2D eigenvalue weighted by atomic mass is 16.7. The quantitative estimate of drug-likeness (QED) is 0.348. The minimum Gasteiger partial charge on any atom is -0.377 e. The smallest absolute Gasteiger partial charge is 0.146 e. The Morgan fingerprint density at radius 2 is 1.90 bits per heavy atom. The maximum absolute atomic E-state index is 5.64. The van der Waals surface area contributed by atoms with E-state index in [1.165, 1.54) is 11.1 Å². The largest absolute Gasteiger partial charge is 0.377 e. The van der Waals surface area contributed by atoms with Crippen LogP contribution >= 0.6 is 0 Å². The number of methoxy groups -OCH3 is 1. The molecule has 0 aliphatic rings. The van der Waals surface area contributed by atoms with Crippen LogP contribution in [0.25, 0.3) is 0 Å². The summed E-state index contributed by atoms with van der Waals surface area (Å²) in [4.78, 5) is 0. The van der Waals surface area contributed by atoms with Gasteiger partial charge in [-0.25, -0.2) is 0 Å². The highest BCUT2D eigenvalue weighted by Crippen LogP contribution is 2.04. The predicted octanol–water partition coefficient (Wildman–Crippen LogP) is 3.94. The summed E-state index contributed by atoms with van der Waals surface area (Å²) in [6, 6.07) is 10.3. The first kappa shape index (κ1) is 16.9. The van der Waals surface area contributed by atoms with Gasteiger partial charge in [-0.05, 0) is 31.7 Å². The van der Waals surface area contributed by atoms with Crippen molar-refractivity contribution in [3.63, 3.8) is 0 Å². The summed E-state index contributed by atoms with van der Waals surface area (Å²) in [6.07, 6.45) is 5.55. The summed E-state index contributed by atoms with van der Waals surface area (Å²) in [5.41, 5.74) is 2.49. The number of unbranched alkanes of at least 4 members (excludes halogenated alkanes) is 2. The van der Waals surface area contributed by atoms with E-state index in [1.54, 1.807) is 7.11 Å². The van der Waals surface area contributed by atoms with Crippen LogP contribution in [0.15, 0.2) is 42.0 Å². The van der Waals surface area contributed by atoms with E-state index in [4.69, 9.17) is 14.2 Å². The van der Waals surface area contributed by atoms with Crippen molar-refractivity contribution in [3.8, 4) is 0 Å². The summed E-state index contributed by atoms with van der Waals surface area (Å²) in [6.45, 7) is 4.63. The van der Waals surface area contributed by atoms with Crippen molar-refractivity contribution in [2.75, 3.05) is 27.1 Å². The molecule has 1 rings (SSSR count). The monoisotopic (exact) mass is 278 g/mol. The average molecular weight is 278 g/mol. The van der Waals surface area contributed by atoms with Crippen LogP contribution < -0.4 is 0 Å². The first-order chi connectivity index (χ1) is 9.83. The van der Waals surface area contributed by atoms with Gasteiger partial charge in [0.25, 0.3) is 0 Å². The maximum Gasteiger partial charge on any atom is 0.146 e. The molecule has 1 aromatic carbocycles. The molecule has 3 nitrogen and oxygen atoms in total. The number of benzene rings is 1. The molecule has 0 heterocycles. The van der Waals surface area contributed by atoms with Crippen molar-refractivity contribution in [2.45, 2.75) is 32.8 Å². The Labute approximate surface area is 122 Å². The Balaban J connectivity index is 1.95. The fraction of sp³-hybridized carbons (Fsp3) is 0.529. The highest BCUT2D eigenvalue weighted by Gasteiger charge is 1.93. The molecule has 0 fully saturated rings. The Morgan fingerprint density at radius 3 is 2.65 bits per heavy atom. The van der Waals surface area contributed by atoms with Gasteiger partial charge < -0.3 is 14.2 Å². The molecule has 3 heteroatoms. The van der Waals surface area contributed by atoms with Crippen LogP contribution in [-0.4, -0.2) is 27.1 Å². The lowest BCUT2D eigenvalue weighted by molar-refractivity contribution is -0.0211. The molecule has 0 atom stereocenters. The van der Waals surface area contributed by atoms with Gasteiger partial charge >= 0.3 is 0 Å². The van der Waals surface area contributed by atoms with Crippen LogP contribution in [0.1, 0.15) is 31.7 Å². The molecule has 0 aliphatic heterocycles. The summed E-state index contributed by atoms with van der Waals surface area (Å²) in [5.74, 6) is 0. The Kier molecular flexibility index (Phi) is 9.84. The van der Waals surface area contributed by atoms with E-state index < -0.39 is 0 Å². The molecule has 0 unspecified atom stereocenters. The first-order valence-corrected chi connectivity index (χ1v) is 7.17. The third kappa shape index (κ3) is 8.86. The lowest BCUT2D eigenvalue weighted by Gasteiger charge is -2.04. The van der Waals surface area contributed by atoms with E-state index in [0.717, 1.165) is 25.9 Å². The van der Waals surface area contributed by atoms with E-state index in [9.17, 15) is 0 Å². The van der Waals surface area contributed by atoms with Gasteiger partial charge in [0, 0.05) is 13.7 Å². The Hall–Kier alpha value is -1.16. The molecule has 0 amide bonds. The highest BCUT2D eigenvalue weighted by molar-refractivity contribution is 5.13. The van der Waals surface area contributed by atoms with Crippen LogP contribution in [0.5, 0.6) is 0 Å². The van der Waals surface area contributed by atoms with Gasteiger partial charge in [0.15, 0.2) is 0 Å². The lowest BCUT2D eigenvalue weighted by atomic mass is 10.2. The second kappa shape index (κ2) is 11.6. The van der Waals surface area contributed by atoms with Gasteiger partial charge in [-0.2, -0.15) is 0 Å². The van der Waals surface area contributed by atoms with E-state index in [0.29, 0.717) is 20.0 Å². The van der Waals surface area contributed by atoms with E-state index in [-0.39, 0.29) is 0 Å². The number of rotatable bonds is 11. The molecular formula is C17H26O3. The van der Waals surface area contributed by atoms with Gasteiger partial charge in [-0.15, -0.1) is 0 Å². The van der Waals surface area contributed by atoms with E-state index in [2.05, 4.69) is 25.1 Å². The summed E-state index contributed by atoms with van der Waals surface area (Å²) in [5, 5.41) is 0. The molecule has 0 aliphatic carbocycles. The van der Waals surface area contributed by atoms with Crippen LogP contribution in [0, 0.1) is 0 Å². The number of allylic oxidation sites excluding steroid dienone is 1. The fourth-order valence-electron chi connectivity index (χ4n) is 1.81. The molecule has 0 saturated carbocycles. The summed E-state index contributed by atoms with van der Waals surface area (Å²) < 4.78 is 15.8. The third-order valence-corrected chi connectivity index (χ3v) is 2.88. The van der Waals surface area contributed by atoms with Crippen LogP contribution in [0.2, 0.25) is 0 Å². The van der Waals surface area contributed by atoms with E-state index >= 15 is 0 Å². The average Bonchev–Trinajstić information content (AvgIpc) is 2.47. The molecule has 20 heavy (non-hydrogen) atoms. The second-order valence-corrected chi connectivity index (χ2v) is 4.84. The number of hydrogen-bond acceptors (Lipinski definition) is 3. The zero-order chi connectivity index (χ0) is 14.5. The van der Waals surface area contributed by atoms with Crippen LogP contribution in [0.3, 0.4) is 0 Å². The predicted molar refractivity (Wildman–Crippen MR) is 81.5 cm³/mol. The summed E-state index contributed by atoms with van der Waals surface area (Å²) >= 11 is 0. The van der Waals surface area contributed by atoms with Gasteiger partial charge in [-0.3, -0.25) is 0 Å². The van der Waals surface area contributed by atoms with Crippen molar-refractivity contribution in [3.05, 3.63) is 47.5 Å². The topological polar surface area (TPSA) is 27.7 Å². The number of hydrogen-bond donors (Lipinski definition) is 0. The number of ether oxygens (including phenoxy) is 3. The van der Waals surface area contributed by atoms with E-state index in [1.807, 2.05) is 18.2 Å². The lowest BCUT2D eigenvalue weighted by Crippen LogP contribution is -1.99. The van der Waals surface area contributed by atoms with Crippen molar-refractivity contribution >= 4 is 0 Å². The molecule has 112 valence electrons. The molecule has 0 N–H and O–H groups in total. The molecule has 0 aromatic heterocycles. The van der Waals surface area contributed by atoms with Crippen LogP contribution in [0.4, 0.5) is 0 Å². The Bertz CT molecular complexity index is 360. The van der Waals surface area contributed by atoms with Gasteiger partial charge in [0.1, 0.15) is 6.79 Å². The molecule has 0 saturated heterocycles. The fourth-order valence-corrected chi connectivity index (χ4v) is 1.81. The SMILES string of the molecule is COCOC/C(C)=C/CCCCOCc1ccccc1. The first-order valence-electron chi connectivity index (χ1n) is 7.17. The van der Waals surface area contributed by atoms with Crippen molar-refractivity contribution in [1.29, 1.82) is 0 Å². The molecule has 0 bridgehead atoms. The van der Waals surface area contributed by atoms with Gasteiger partial charge in [0.2, 0.25) is 0 Å². The molecule has 0 spiro atoms. The standard InChI is InChI=1S/C17H26O3/c1-16(13-20-15-18-2)9-5-4-8-12-19-14-17-10-6-3-7-11-17/h3,6-7,9-11H,4-5,8,12-15H2,1-2H3/b16-9+. The van der Waals surface area contributed by atoms with Gasteiger partial charge in [-0.1, -0.05) is 42.0 Å². The maximum atomic E-state index is 5.64. The Morgan fingerprint density at radius 1 is 1.10 bits per heavy atom. The zero-order valence-corrected chi connectivity index (χ0v) is 12.6.